The first-order valence-corrected chi connectivity index (χ1v) is 12.2. The van der Waals surface area contributed by atoms with Crippen molar-refractivity contribution in [3.8, 4) is 17.4 Å². The molecular weight excluding hydrogens is 516 g/mol. The number of halogens is 1. The summed E-state index contributed by atoms with van der Waals surface area (Å²) in [7, 11) is 1.67. The second-order valence-electron chi connectivity index (χ2n) is 8.44. The molecule has 0 amide bonds. The van der Waals surface area contributed by atoms with E-state index in [1.165, 1.54) is 11.0 Å². The van der Waals surface area contributed by atoms with Crippen LogP contribution in [0.2, 0.25) is 0 Å². The minimum absolute atomic E-state index is 0.206. The summed E-state index contributed by atoms with van der Waals surface area (Å²) < 4.78 is 14.6. The van der Waals surface area contributed by atoms with Crippen molar-refractivity contribution in [2.24, 2.45) is 5.10 Å². The van der Waals surface area contributed by atoms with Crippen molar-refractivity contribution < 1.29 is 9.47 Å². The normalized spacial score (nSPS) is 14.3. The highest BCUT2D eigenvalue weighted by molar-refractivity contribution is 9.10. The van der Waals surface area contributed by atoms with Crippen LogP contribution in [0, 0.1) is 5.41 Å². The van der Waals surface area contributed by atoms with Crippen LogP contribution in [-0.2, 0) is 0 Å². The van der Waals surface area contributed by atoms with Crippen LogP contribution in [0.3, 0.4) is 0 Å². The van der Waals surface area contributed by atoms with Crippen LogP contribution < -0.4 is 15.0 Å². The van der Waals surface area contributed by atoms with E-state index >= 15 is 0 Å². The first-order chi connectivity index (χ1) is 17.6. The fraction of sp³-hybridized carbons (Fsp3) is 0.0690. The van der Waals surface area contributed by atoms with Gasteiger partial charge in [0.05, 0.1) is 18.9 Å². The molecule has 4 aromatic carbocycles. The van der Waals surface area contributed by atoms with Gasteiger partial charge in [0, 0.05) is 26.7 Å². The molecule has 36 heavy (non-hydrogen) atoms. The van der Waals surface area contributed by atoms with Crippen molar-refractivity contribution in [2.75, 3.05) is 7.11 Å². The maximum Gasteiger partial charge on any atom is 0.228 e. The topological polar surface area (TPSA) is 72.5 Å². The van der Waals surface area contributed by atoms with Crippen LogP contribution in [0.5, 0.6) is 17.4 Å². The highest BCUT2D eigenvalue weighted by atomic mass is 79.9. The largest absolute Gasteiger partial charge is 0.496 e. The Morgan fingerprint density at radius 1 is 1.00 bits per heavy atom. The maximum absolute atomic E-state index is 9.10. The van der Waals surface area contributed by atoms with E-state index in [0.717, 1.165) is 43.4 Å². The molecule has 2 heterocycles. The van der Waals surface area contributed by atoms with Gasteiger partial charge in [-0.05, 0) is 29.3 Å². The zero-order valence-electron chi connectivity index (χ0n) is 19.4. The number of nitrogens with one attached hydrogen (secondary N) is 1. The first-order valence-electron chi connectivity index (χ1n) is 11.4. The minimum atomic E-state index is -0.297. The van der Waals surface area contributed by atoms with Gasteiger partial charge in [-0.25, -0.2) is 9.66 Å². The van der Waals surface area contributed by atoms with Crippen molar-refractivity contribution in [1.82, 2.24) is 9.66 Å². The SMILES string of the molecule is COc1cc2c(c3ccccc13)Oc1ncn(/N=C/c3ccccc3)c(=N)c1C2c1ccc(Br)cc1. The van der Waals surface area contributed by atoms with Gasteiger partial charge >= 0.3 is 0 Å². The smallest absolute Gasteiger partial charge is 0.228 e. The molecule has 0 saturated heterocycles. The molecule has 1 aliphatic heterocycles. The van der Waals surface area contributed by atoms with Gasteiger partial charge in [-0.15, -0.1) is 0 Å². The Balaban J connectivity index is 1.59. The molecule has 5 aromatic rings. The number of nitrogens with zero attached hydrogens (tertiary/aromatic N) is 3. The summed E-state index contributed by atoms with van der Waals surface area (Å²) >= 11 is 3.54. The molecule has 176 valence electrons. The highest BCUT2D eigenvalue weighted by Gasteiger charge is 2.34. The van der Waals surface area contributed by atoms with Crippen LogP contribution in [0.1, 0.15) is 28.2 Å². The van der Waals surface area contributed by atoms with Gasteiger partial charge in [-0.2, -0.15) is 5.10 Å². The van der Waals surface area contributed by atoms with E-state index in [1.54, 1.807) is 13.3 Å². The van der Waals surface area contributed by atoms with Crippen molar-refractivity contribution in [2.45, 2.75) is 5.92 Å². The van der Waals surface area contributed by atoms with Gasteiger partial charge in [0.15, 0.2) is 5.49 Å². The number of hydrogen-bond acceptors (Lipinski definition) is 5. The molecule has 1 N–H and O–H groups in total. The Hall–Kier alpha value is -4.23. The summed E-state index contributed by atoms with van der Waals surface area (Å²) in [5.41, 5.74) is 3.72. The fourth-order valence-corrected chi connectivity index (χ4v) is 4.91. The number of benzene rings is 4. The van der Waals surface area contributed by atoms with E-state index in [0.29, 0.717) is 11.4 Å². The maximum atomic E-state index is 9.10. The van der Waals surface area contributed by atoms with E-state index in [2.05, 4.69) is 38.1 Å². The van der Waals surface area contributed by atoms with E-state index in [-0.39, 0.29) is 11.4 Å². The van der Waals surface area contributed by atoms with Crippen molar-refractivity contribution in [3.05, 3.63) is 123 Å². The molecule has 0 saturated carbocycles. The lowest BCUT2D eigenvalue weighted by Crippen LogP contribution is -2.28. The molecule has 0 bridgehead atoms. The molecule has 0 spiro atoms. The predicted octanol–water partition coefficient (Wildman–Crippen LogP) is 6.45. The number of methoxy groups -OCH3 is 1. The molecule has 0 aliphatic carbocycles. The fourth-order valence-electron chi connectivity index (χ4n) is 4.64. The Kier molecular flexibility index (Phi) is 5.62. The average Bonchev–Trinajstić information content (AvgIpc) is 2.92. The van der Waals surface area contributed by atoms with Crippen LogP contribution in [0.15, 0.2) is 101 Å². The van der Waals surface area contributed by atoms with Gasteiger partial charge in [0.25, 0.3) is 0 Å². The molecule has 1 unspecified atom stereocenters. The van der Waals surface area contributed by atoms with Crippen LogP contribution >= 0.6 is 15.9 Å². The first kappa shape index (κ1) is 22.2. The summed E-state index contributed by atoms with van der Waals surface area (Å²) in [6.07, 6.45) is 3.24. The zero-order valence-corrected chi connectivity index (χ0v) is 20.9. The number of fused-ring (bicyclic) bond motifs is 4. The van der Waals surface area contributed by atoms with Crippen molar-refractivity contribution >= 4 is 32.9 Å². The van der Waals surface area contributed by atoms with Crippen molar-refractivity contribution in [3.63, 3.8) is 0 Å². The van der Waals surface area contributed by atoms with E-state index in [1.807, 2.05) is 72.8 Å². The molecule has 7 heteroatoms. The third-order valence-electron chi connectivity index (χ3n) is 6.34. The summed E-state index contributed by atoms with van der Waals surface area (Å²) in [4.78, 5) is 4.60. The number of rotatable bonds is 4. The predicted molar refractivity (Wildman–Crippen MR) is 143 cm³/mol. The summed E-state index contributed by atoms with van der Waals surface area (Å²) in [6, 6.07) is 27.9. The van der Waals surface area contributed by atoms with Gasteiger partial charge in [-0.3, -0.25) is 5.41 Å². The van der Waals surface area contributed by atoms with Crippen LogP contribution in [-0.4, -0.2) is 23.0 Å². The zero-order chi connectivity index (χ0) is 24.6. The number of ether oxygens (including phenoxy) is 2. The van der Waals surface area contributed by atoms with E-state index < -0.39 is 0 Å². The molecule has 1 aromatic heterocycles. The standard InChI is InChI=1S/C29H21BrN4O2/c1-35-24-15-23-25(19-11-13-20(30)14-12-19)26-28(31)34(33-16-18-7-3-2-4-8-18)17-32-29(26)36-27(23)22-10-6-5-9-21(22)24/h2-17,25,31H,1H3/b31-28?,33-16+. The Labute approximate surface area is 216 Å². The molecule has 1 atom stereocenters. The monoisotopic (exact) mass is 536 g/mol. The van der Waals surface area contributed by atoms with Gasteiger partial charge in [0.2, 0.25) is 5.88 Å². The Morgan fingerprint density at radius 3 is 2.47 bits per heavy atom. The lowest BCUT2D eigenvalue weighted by molar-refractivity contribution is 0.410. The molecular formula is C29H21BrN4O2. The lowest BCUT2D eigenvalue weighted by atomic mass is 9.82. The third-order valence-corrected chi connectivity index (χ3v) is 6.87. The van der Waals surface area contributed by atoms with Gasteiger partial charge < -0.3 is 9.47 Å². The van der Waals surface area contributed by atoms with E-state index in [4.69, 9.17) is 14.9 Å². The highest BCUT2D eigenvalue weighted by Crippen LogP contribution is 2.50. The Bertz CT molecular complexity index is 1680. The molecule has 6 rings (SSSR count). The van der Waals surface area contributed by atoms with Crippen LogP contribution in [0.4, 0.5) is 0 Å². The molecule has 0 radical (unpaired) electrons. The minimum Gasteiger partial charge on any atom is -0.496 e. The second kappa shape index (κ2) is 9.09. The third kappa shape index (κ3) is 3.78. The Morgan fingerprint density at radius 2 is 1.72 bits per heavy atom. The number of hydrogen-bond donors (Lipinski definition) is 1. The summed E-state index contributed by atoms with van der Waals surface area (Å²) in [6.45, 7) is 0. The number of aromatic nitrogens is 2. The summed E-state index contributed by atoms with van der Waals surface area (Å²) in [5, 5.41) is 15.5. The van der Waals surface area contributed by atoms with Gasteiger partial charge in [0.1, 0.15) is 17.8 Å². The average molecular weight is 537 g/mol. The van der Waals surface area contributed by atoms with Gasteiger partial charge in [-0.1, -0.05) is 82.7 Å². The van der Waals surface area contributed by atoms with E-state index in [9.17, 15) is 0 Å². The van der Waals surface area contributed by atoms with Crippen LogP contribution in [0.25, 0.3) is 10.8 Å². The second-order valence-corrected chi connectivity index (χ2v) is 9.36. The summed E-state index contributed by atoms with van der Waals surface area (Å²) in [5.74, 6) is 1.59. The molecule has 6 nitrogen and oxygen atoms in total. The molecule has 0 fully saturated rings. The lowest BCUT2D eigenvalue weighted by Gasteiger charge is -2.29. The van der Waals surface area contributed by atoms with Crippen molar-refractivity contribution in [1.29, 1.82) is 5.41 Å². The molecule has 1 aliphatic rings. The quantitative estimate of drug-likeness (QED) is 0.263.